The van der Waals surface area contributed by atoms with Crippen LogP contribution in [0.15, 0.2) is 36.4 Å². The molecular formula is C17H20O3S. The summed E-state index contributed by atoms with van der Waals surface area (Å²) in [5, 5.41) is 2.37. The first-order valence-corrected chi connectivity index (χ1v) is 9.15. The quantitative estimate of drug-likeness (QED) is 0.871. The number of ether oxygens (including phenoxy) is 1. The van der Waals surface area contributed by atoms with E-state index in [1.165, 1.54) is 16.3 Å². The summed E-state index contributed by atoms with van der Waals surface area (Å²) in [4.78, 5) is 0. The molecule has 112 valence electrons. The predicted octanol–water partition coefficient (Wildman–Crippen LogP) is 3.22. The monoisotopic (exact) mass is 304 g/mol. The average Bonchev–Trinajstić information content (AvgIpc) is 2.83. The minimum Gasteiger partial charge on any atom is -0.497 e. The molecule has 0 spiro atoms. The van der Waals surface area contributed by atoms with Crippen molar-refractivity contribution in [2.24, 2.45) is 5.92 Å². The summed E-state index contributed by atoms with van der Waals surface area (Å²) in [6, 6.07) is 12.5. The Morgan fingerprint density at radius 3 is 2.62 bits per heavy atom. The summed E-state index contributed by atoms with van der Waals surface area (Å²) in [6.45, 7) is 0. The zero-order valence-electron chi connectivity index (χ0n) is 12.2. The van der Waals surface area contributed by atoms with Gasteiger partial charge in [-0.25, -0.2) is 8.42 Å². The summed E-state index contributed by atoms with van der Waals surface area (Å²) in [5.41, 5.74) is 1.27. The second kappa shape index (κ2) is 5.68. The Bertz CT molecular complexity index is 750. The van der Waals surface area contributed by atoms with Gasteiger partial charge in [0.1, 0.15) is 5.75 Å². The van der Waals surface area contributed by atoms with Crippen LogP contribution in [0.3, 0.4) is 0 Å². The Balaban J connectivity index is 1.70. The molecule has 0 aromatic heterocycles. The molecule has 2 aromatic rings. The van der Waals surface area contributed by atoms with E-state index in [1.807, 2.05) is 12.1 Å². The molecular weight excluding hydrogens is 284 g/mol. The van der Waals surface area contributed by atoms with Crippen LogP contribution in [0.25, 0.3) is 10.8 Å². The minimum absolute atomic E-state index is 0.335. The van der Waals surface area contributed by atoms with E-state index in [2.05, 4.69) is 24.3 Å². The molecule has 0 saturated carbocycles. The van der Waals surface area contributed by atoms with Crippen LogP contribution >= 0.6 is 0 Å². The summed E-state index contributed by atoms with van der Waals surface area (Å²) in [6.07, 6.45) is 2.73. The first kappa shape index (κ1) is 14.4. The van der Waals surface area contributed by atoms with E-state index in [9.17, 15) is 8.42 Å². The van der Waals surface area contributed by atoms with Gasteiger partial charge in [-0.15, -0.1) is 0 Å². The standard InChI is InChI=1S/C17H20O3S/c1-20-17-7-6-15-10-13(4-5-16(15)11-17)2-3-14-8-9-21(18,19)12-14/h4-7,10-11,14H,2-3,8-9,12H2,1H3/t14-/m0/s1. The highest BCUT2D eigenvalue weighted by molar-refractivity contribution is 7.91. The van der Waals surface area contributed by atoms with E-state index >= 15 is 0 Å². The van der Waals surface area contributed by atoms with Crippen LogP contribution in [0.4, 0.5) is 0 Å². The van der Waals surface area contributed by atoms with E-state index < -0.39 is 9.84 Å². The number of rotatable bonds is 4. The molecule has 2 aromatic carbocycles. The number of hydrogen-bond acceptors (Lipinski definition) is 3. The smallest absolute Gasteiger partial charge is 0.150 e. The third-order valence-corrected chi connectivity index (χ3v) is 6.12. The van der Waals surface area contributed by atoms with Crippen LogP contribution in [-0.2, 0) is 16.3 Å². The third kappa shape index (κ3) is 3.38. The number of fused-ring (bicyclic) bond motifs is 1. The van der Waals surface area contributed by atoms with Gasteiger partial charge in [0.2, 0.25) is 0 Å². The zero-order chi connectivity index (χ0) is 14.9. The summed E-state index contributed by atoms with van der Waals surface area (Å²) in [5.74, 6) is 1.94. The van der Waals surface area contributed by atoms with Crippen molar-refractivity contribution in [3.8, 4) is 5.75 Å². The first-order chi connectivity index (χ1) is 10.1. The molecule has 21 heavy (non-hydrogen) atoms. The summed E-state index contributed by atoms with van der Waals surface area (Å²) in [7, 11) is -1.08. The number of sulfone groups is 1. The molecule has 1 aliphatic heterocycles. The lowest BCUT2D eigenvalue weighted by atomic mass is 9.97. The Labute approximate surface area is 125 Å². The van der Waals surface area contributed by atoms with Crippen LogP contribution in [0.2, 0.25) is 0 Å². The fraction of sp³-hybridized carbons (Fsp3) is 0.412. The second-order valence-electron chi connectivity index (χ2n) is 5.86. The van der Waals surface area contributed by atoms with Gasteiger partial charge in [-0.1, -0.05) is 24.3 Å². The molecule has 3 nitrogen and oxygen atoms in total. The lowest BCUT2D eigenvalue weighted by Crippen LogP contribution is -2.05. The molecule has 0 amide bonds. The molecule has 1 atom stereocenters. The highest BCUT2D eigenvalue weighted by Crippen LogP contribution is 2.25. The molecule has 1 aliphatic rings. The van der Waals surface area contributed by atoms with Crippen molar-refractivity contribution in [3.63, 3.8) is 0 Å². The van der Waals surface area contributed by atoms with Crippen molar-refractivity contribution in [1.82, 2.24) is 0 Å². The van der Waals surface area contributed by atoms with E-state index in [4.69, 9.17) is 4.74 Å². The van der Waals surface area contributed by atoms with Crippen LogP contribution in [0.5, 0.6) is 5.75 Å². The number of methoxy groups -OCH3 is 1. The minimum atomic E-state index is -2.76. The van der Waals surface area contributed by atoms with Gasteiger partial charge in [-0.2, -0.15) is 0 Å². The highest BCUT2D eigenvalue weighted by Gasteiger charge is 2.27. The normalized spacial score (nSPS) is 20.7. The van der Waals surface area contributed by atoms with Crippen molar-refractivity contribution in [2.45, 2.75) is 19.3 Å². The first-order valence-electron chi connectivity index (χ1n) is 7.33. The molecule has 0 aliphatic carbocycles. The van der Waals surface area contributed by atoms with E-state index in [0.29, 0.717) is 17.4 Å². The van der Waals surface area contributed by atoms with E-state index in [0.717, 1.165) is 25.0 Å². The largest absolute Gasteiger partial charge is 0.497 e. The highest BCUT2D eigenvalue weighted by atomic mass is 32.2. The van der Waals surface area contributed by atoms with Gasteiger partial charge in [0, 0.05) is 0 Å². The Kier molecular flexibility index (Phi) is 3.89. The van der Waals surface area contributed by atoms with Crippen LogP contribution in [0.1, 0.15) is 18.4 Å². The Morgan fingerprint density at radius 2 is 1.90 bits per heavy atom. The molecule has 1 saturated heterocycles. The van der Waals surface area contributed by atoms with Crippen molar-refractivity contribution in [2.75, 3.05) is 18.6 Å². The Morgan fingerprint density at radius 1 is 1.14 bits per heavy atom. The van der Waals surface area contributed by atoms with Gasteiger partial charge in [0.25, 0.3) is 0 Å². The summed E-state index contributed by atoms with van der Waals surface area (Å²) < 4.78 is 28.2. The zero-order valence-corrected chi connectivity index (χ0v) is 13.0. The third-order valence-electron chi connectivity index (χ3n) is 4.28. The molecule has 0 radical (unpaired) electrons. The van der Waals surface area contributed by atoms with Crippen molar-refractivity contribution in [1.29, 1.82) is 0 Å². The fourth-order valence-corrected chi connectivity index (χ4v) is 4.94. The fourth-order valence-electron chi connectivity index (χ4n) is 3.03. The van der Waals surface area contributed by atoms with Gasteiger partial charge in [0.05, 0.1) is 18.6 Å². The van der Waals surface area contributed by atoms with Crippen LogP contribution in [-0.4, -0.2) is 27.0 Å². The van der Waals surface area contributed by atoms with E-state index in [-0.39, 0.29) is 0 Å². The van der Waals surface area contributed by atoms with Crippen molar-refractivity contribution < 1.29 is 13.2 Å². The molecule has 0 N–H and O–H groups in total. The van der Waals surface area contributed by atoms with Gasteiger partial charge in [-0.05, 0) is 53.6 Å². The van der Waals surface area contributed by atoms with E-state index in [1.54, 1.807) is 7.11 Å². The maximum Gasteiger partial charge on any atom is 0.150 e. The maximum atomic E-state index is 11.5. The summed E-state index contributed by atoms with van der Waals surface area (Å²) >= 11 is 0. The number of hydrogen-bond donors (Lipinski definition) is 0. The predicted molar refractivity (Wildman–Crippen MR) is 85.6 cm³/mol. The average molecular weight is 304 g/mol. The van der Waals surface area contributed by atoms with Crippen molar-refractivity contribution >= 4 is 20.6 Å². The molecule has 1 heterocycles. The lowest BCUT2D eigenvalue weighted by Gasteiger charge is -2.09. The number of benzene rings is 2. The van der Waals surface area contributed by atoms with Gasteiger partial charge in [-0.3, -0.25) is 0 Å². The van der Waals surface area contributed by atoms with Crippen LogP contribution in [0, 0.1) is 5.92 Å². The van der Waals surface area contributed by atoms with Gasteiger partial charge >= 0.3 is 0 Å². The molecule has 4 heteroatoms. The topological polar surface area (TPSA) is 43.4 Å². The molecule has 1 fully saturated rings. The molecule has 0 bridgehead atoms. The lowest BCUT2D eigenvalue weighted by molar-refractivity contribution is 0.415. The van der Waals surface area contributed by atoms with Gasteiger partial charge in [0.15, 0.2) is 9.84 Å². The van der Waals surface area contributed by atoms with Crippen LogP contribution < -0.4 is 4.74 Å². The second-order valence-corrected chi connectivity index (χ2v) is 8.08. The number of aryl methyl sites for hydroxylation is 1. The SMILES string of the molecule is COc1ccc2cc(CC[C@H]3CCS(=O)(=O)C3)ccc2c1. The van der Waals surface area contributed by atoms with Gasteiger partial charge < -0.3 is 4.74 Å². The Hall–Kier alpha value is -1.55. The molecule has 0 unspecified atom stereocenters. The maximum absolute atomic E-state index is 11.5. The van der Waals surface area contributed by atoms with Crippen molar-refractivity contribution in [3.05, 3.63) is 42.0 Å². The molecule has 3 rings (SSSR count).